The first-order valence-electron chi connectivity index (χ1n) is 14.1. The molecule has 2 aromatic heterocycles. The molecule has 0 unspecified atom stereocenters. The first-order valence-corrected chi connectivity index (χ1v) is 14.1. The van der Waals surface area contributed by atoms with Crippen molar-refractivity contribution in [1.29, 1.82) is 0 Å². The van der Waals surface area contributed by atoms with E-state index in [0.29, 0.717) is 24.2 Å². The highest BCUT2D eigenvalue weighted by Crippen LogP contribution is 2.36. The molecule has 8 nitrogen and oxygen atoms in total. The van der Waals surface area contributed by atoms with Crippen LogP contribution in [0.25, 0.3) is 33.1 Å². The number of imidazole rings is 1. The quantitative estimate of drug-likeness (QED) is 0.313. The van der Waals surface area contributed by atoms with E-state index in [1.165, 1.54) is 4.68 Å². The number of para-hydroxylation sites is 2. The Bertz CT molecular complexity index is 1750. The predicted molar refractivity (Wildman–Crippen MR) is 154 cm³/mol. The van der Waals surface area contributed by atoms with Gasteiger partial charge in [0.2, 0.25) is 5.91 Å². The molecular weight excluding hydrogens is 502 g/mol. The summed E-state index contributed by atoms with van der Waals surface area (Å²) in [5.74, 6) is 0.918. The van der Waals surface area contributed by atoms with Crippen LogP contribution in [-0.4, -0.2) is 49.8 Å². The fraction of sp³-hybridized carbons (Fsp3) is 0.312. The Balaban J connectivity index is 1.13. The van der Waals surface area contributed by atoms with Gasteiger partial charge in [0.25, 0.3) is 5.56 Å². The lowest BCUT2D eigenvalue weighted by Crippen LogP contribution is -2.42. The average molecular weight is 534 g/mol. The van der Waals surface area contributed by atoms with Gasteiger partial charge in [-0.05, 0) is 43.9 Å². The molecule has 5 aromatic rings. The maximum absolute atomic E-state index is 13.5. The van der Waals surface area contributed by atoms with Gasteiger partial charge in [-0.2, -0.15) is 5.10 Å². The van der Waals surface area contributed by atoms with Crippen molar-refractivity contribution in [3.63, 3.8) is 0 Å². The van der Waals surface area contributed by atoms with Gasteiger partial charge in [0, 0.05) is 36.7 Å². The van der Waals surface area contributed by atoms with Gasteiger partial charge in [-0.15, -0.1) is 0 Å². The summed E-state index contributed by atoms with van der Waals surface area (Å²) in [7, 11) is 0. The molecule has 2 fully saturated rings. The molecule has 0 spiro atoms. The zero-order chi connectivity index (χ0) is 27.1. The maximum Gasteiger partial charge on any atom is 0.275 e. The molecule has 0 radical (unpaired) electrons. The zero-order valence-electron chi connectivity index (χ0n) is 22.3. The number of hydrogen-bond donors (Lipinski definition) is 0. The number of amides is 1. The highest BCUT2D eigenvalue weighted by molar-refractivity contribution is 5.93. The van der Waals surface area contributed by atoms with Crippen LogP contribution in [0.15, 0.2) is 83.7 Å². The summed E-state index contributed by atoms with van der Waals surface area (Å²) in [4.78, 5) is 33.6. The summed E-state index contributed by atoms with van der Waals surface area (Å²) in [5.41, 5.74) is 3.48. The van der Waals surface area contributed by atoms with Crippen LogP contribution in [0.4, 0.5) is 0 Å². The van der Waals surface area contributed by atoms with E-state index in [9.17, 15) is 9.59 Å². The van der Waals surface area contributed by atoms with Crippen molar-refractivity contribution in [1.82, 2.24) is 24.2 Å². The van der Waals surface area contributed by atoms with Crippen LogP contribution in [0.5, 0.6) is 0 Å². The van der Waals surface area contributed by atoms with E-state index in [4.69, 9.17) is 9.72 Å². The number of rotatable bonds is 5. The Hall–Kier alpha value is -4.30. The van der Waals surface area contributed by atoms with Crippen molar-refractivity contribution < 1.29 is 9.53 Å². The number of carbonyl (C=O) groups is 1. The molecule has 1 atom stereocenters. The lowest BCUT2D eigenvalue weighted by atomic mass is 10.0. The third-order valence-electron chi connectivity index (χ3n) is 8.22. The minimum Gasteiger partial charge on any atom is -0.370 e. The third-order valence-corrected chi connectivity index (χ3v) is 8.22. The predicted octanol–water partition coefficient (Wildman–Crippen LogP) is 5.13. The molecule has 1 amide bonds. The molecule has 0 bridgehead atoms. The number of carbonyl (C=O) groups excluding carboxylic acids is 1. The number of benzene rings is 3. The van der Waals surface area contributed by atoms with Crippen molar-refractivity contribution in [3.8, 4) is 11.3 Å². The summed E-state index contributed by atoms with van der Waals surface area (Å²) >= 11 is 0. The van der Waals surface area contributed by atoms with Gasteiger partial charge in [0.05, 0.1) is 22.1 Å². The molecule has 2 saturated heterocycles. The van der Waals surface area contributed by atoms with Crippen molar-refractivity contribution in [3.05, 3.63) is 95.0 Å². The van der Waals surface area contributed by atoms with Gasteiger partial charge >= 0.3 is 0 Å². The van der Waals surface area contributed by atoms with Gasteiger partial charge in [-0.1, -0.05) is 60.7 Å². The molecule has 0 saturated carbocycles. The van der Waals surface area contributed by atoms with E-state index < -0.39 is 0 Å². The fourth-order valence-electron chi connectivity index (χ4n) is 6.21. The number of nitrogens with zero attached hydrogens (tertiary/aromatic N) is 5. The van der Waals surface area contributed by atoms with Crippen molar-refractivity contribution in [2.45, 2.75) is 44.4 Å². The number of piperidine rings is 1. The summed E-state index contributed by atoms with van der Waals surface area (Å²) in [6, 6.07) is 25.8. The molecule has 0 N–H and O–H groups in total. The number of likely N-dealkylation sites (tertiary alicyclic amines) is 1. The average Bonchev–Trinajstić information content (AvgIpc) is 3.68. The first-order chi connectivity index (χ1) is 19.7. The Morgan fingerprint density at radius 2 is 1.60 bits per heavy atom. The molecule has 0 aliphatic carbocycles. The molecule has 4 heterocycles. The van der Waals surface area contributed by atoms with E-state index in [2.05, 4.69) is 27.9 Å². The summed E-state index contributed by atoms with van der Waals surface area (Å²) < 4.78 is 9.71. The van der Waals surface area contributed by atoms with Crippen LogP contribution >= 0.6 is 0 Å². The van der Waals surface area contributed by atoms with Gasteiger partial charge in [0.15, 0.2) is 0 Å². The first kappa shape index (κ1) is 24.7. The Morgan fingerprint density at radius 3 is 2.38 bits per heavy atom. The van der Waals surface area contributed by atoms with Gasteiger partial charge in [-0.25, -0.2) is 9.67 Å². The monoisotopic (exact) mass is 533 g/mol. The number of aromatic nitrogens is 4. The van der Waals surface area contributed by atoms with Gasteiger partial charge < -0.3 is 14.2 Å². The van der Waals surface area contributed by atoms with Crippen LogP contribution in [0.2, 0.25) is 0 Å². The molecule has 3 aromatic carbocycles. The minimum absolute atomic E-state index is 0.0247. The van der Waals surface area contributed by atoms with Crippen LogP contribution in [0, 0.1) is 0 Å². The third kappa shape index (κ3) is 4.38. The Labute approximate surface area is 231 Å². The van der Waals surface area contributed by atoms with E-state index in [0.717, 1.165) is 60.1 Å². The van der Waals surface area contributed by atoms with E-state index in [1.54, 1.807) is 6.07 Å². The smallest absolute Gasteiger partial charge is 0.275 e. The van der Waals surface area contributed by atoms with E-state index in [1.807, 2.05) is 59.5 Å². The number of ether oxygens (including phenoxy) is 1. The SMILES string of the molecule is O=C(Cn1nc(-c2ccccc2)c2ccccc2c1=O)N1CCC(n2c([C@H]3CCCO3)nc3ccccc32)CC1. The summed E-state index contributed by atoms with van der Waals surface area (Å²) in [6.45, 7) is 1.93. The summed E-state index contributed by atoms with van der Waals surface area (Å²) in [6.07, 6.45) is 3.70. The largest absolute Gasteiger partial charge is 0.370 e. The topological polar surface area (TPSA) is 82.2 Å². The van der Waals surface area contributed by atoms with Crippen LogP contribution < -0.4 is 5.56 Å². The minimum atomic E-state index is -0.246. The van der Waals surface area contributed by atoms with Crippen molar-refractivity contribution >= 4 is 27.7 Å². The molecule has 7 rings (SSSR count). The van der Waals surface area contributed by atoms with Gasteiger partial charge in [-0.3, -0.25) is 9.59 Å². The number of fused-ring (bicyclic) bond motifs is 2. The van der Waals surface area contributed by atoms with Crippen LogP contribution in [0.1, 0.15) is 43.7 Å². The van der Waals surface area contributed by atoms with Crippen molar-refractivity contribution in [2.75, 3.05) is 19.7 Å². The number of hydrogen-bond acceptors (Lipinski definition) is 5. The molecular formula is C32H31N5O3. The lowest BCUT2D eigenvalue weighted by molar-refractivity contribution is -0.133. The summed E-state index contributed by atoms with van der Waals surface area (Å²) in [5, 5.41) is 6.04. The standard InChI is InChI=1S/C32H31N5O3/c38-29(21-36-32(39)25-12-5-4-11-24(25)30(34-36)22-9-2-1-3-10-22)35-18-16-23(17-19-35)37-27-14-7-6-13-26(27)33-31(37)28-15-8-20-40-28/h1-7,9-14,23,28H,8,15-21H2/t28-/m1/s1. The van der Waals surface area contributed by atoms with Crippen molar-refractivity contribution in [2.24, 2.45) is 0 Å². The lowest BCUT2D eigenvalue weighted by Gasteiger charge is -2.34. The van der Waals surface area contributed by atoms with E-state index in [-0.39, 0.29) is 30.2 Å². The molecule has 202 valence electrons. The highest BCUT2D eigenvalue weighted by Gasteiger charge is 2.31. The second kappa shape index (κ2) is 10.4. The maximum atomic E-state index is 13.5. The second-order valence-electron chi connectivity index (χ2n) is 10.7. The normalized spacial score (nSPS) is 18.1. The zero-order valence-corrected chi connectivity index (χ0v) is 22.3. The van der Waals surface area contributed by atoms with Crippen LogP contribution in [-0.2, 0) is 16.1 Å². The van der Waals surface area contributed by atoms with Gasteiger partial charge in [0.1, 0.15) is 18.5 Å². The Morgan fingerprint density at radius 1 is 0.875 bits per heavy atom. The molecule has 8 heteroatoms. The highest BCUT2D eigenvalue weighted by atomic mass is 16.5. The Kier molecular flexibility index (Phi) is 6.40. The van der Waals surface area contributed by atoms with Crippen LogP contribution in [0.3, 0.4) is 0 Å². The fourth-order valence-corrected chi connectivity index (χ4v) is 6.21. The molecule has 40 heavy (non-hydrogen) atoms. The molecule has 2 aliphatic heterocycles. The second-order valence-corrected chi connectivity index (χ2v) is 10.7. The molecule has 2 aliphatic rings. The van der Waals surface area contributed by atoms with E-state index >= 15 is 0 Å².